The van der Waals surface area contributed by atoms with Crippen LogP contribution in [-0.4, -0.2) is 32.9 Å². The average molecular weight is 266 g/mol. The van der Waals surface area contributed by atoms with Gasteiger partial charge >= 0.3 is 0 Å². The number of hydrogen-bond donors (Lipinski definition) is 0. The van der Waals surface area contributed by atoms with Gasteiger partial charge in [0, 0.05) is 18.5 Å². The molecule has 0 unspecified atom stereocenters. The molecule has 1 aromatic carbocycles. The summed E-state index contributed by atoms with van der Waals surface area (Å²) in [4.78, 5) is 13.2. The molecule has 0 saturated carbocycles. The summed E-state index contributed by atoms with van der Waals surface area (Å²) in [6, 6.07) is 10.7. The van der Waals surface area contributed by atoms with Crippen molar-refractivity contribution in [2.45, 2.75) is 6.42 Å². The summed E-state index contributed by atoms with van der Waals surface area (Å²) in [7, 11) is -3.38. The summed E-state index contributed by atoms with van der Waals surface area (Å²) >= 11 is 0. The van der Waals surface area contributed by atoms with Gasteiger partial charge in [0.05, 0.1) is 12.5 Å². The number of hydrogen-bond acceptors (Lipinski definition) is 4. The Labute approximate surface area is 107 Å². The highest BCUT2D eigenvalue weighted by atomic mass is 32.2. The minimum atomic E-state index is -3.38. The summed E-state index contributed by atoms with van der Waals surface area (Å²) < 4.78 is 22.3. The highest BCUT2D eigenvalue weighted by molar-refractivity contribution is 7.91. The Morgan fingerprint density at radius 3 is 2.44 bits per heavy atom. The molecular weight excluding hydrogens is 252 g/mol. The van der Waals surface area contributed by atoms with Crippen LogP contribution >= 0.6 is 0 Å². The molecule has 1 aromatic rings. The Bertz CT molecular complexity index is 546. The van der Waals surface area contributed by atoms with Crippen LogP contribution in [0.3, 0.4) is 0 Å². The molecule has 0 N–H and O–H groups in total. The lowest BCUT2D eigenvalue weighted by molar-refractivity contribution is -0.116. The number of anilines is 1. The number of para-hydroxylation sites is 1. The van der Waals surface area contributed by atoms with Gasteiger partial charge in [-0.2, -0.15) is 5.26 Å². The van der Waals surface area contributed by atoms with Gasteiger partial charge in [-0.1, -0.05) is 18.2 Å². The zero-order valence-electron chi connectivity index (χ0n) is 10.0. The molecule has 1 rings (SSSR count). The van der Waals surface area contributed by atoms with Crippen molar-refractivity contribution in [1.29, 1.82) is 5.26 Å². The first-order valence-electron chi connectivity index (χ1n) is 5.34. The zero-order valence-corrected chi connectivity index (χ0v) is 10.9. The Hall–Kier alpha value is -1.87. The Morgan fingerprint density at radius 1 is 1.33 bits per heavy atom. The van der Waals surface area contributed by atoms with Gasteiger partial charge in [-0.05, 0) is 12.1 Å². The first-order chi connectivity index (χ1) is 8.44. The maximum Gasteiger partial charge on any atom is 0.242 e. The Kier molecular flexibility index (Phi) is 4.86. The molecule has 96 valence electrons. The summed E-state index contributed by atoms with van der Waals surface area (Å²) in [6.07, 6.45) is 1.17. The maximum absolute atomic E-state index is 11.9. The lowest BCUT2D eigenvalue weighted by atomic mass is 10.2. The maximum atomic E-state index is 11.9. The quantitative estimate of drug-likeness (QED) is 0.795. The first-order valence-corrected chi connectivity index (χ1v) is 7.40. The number of amides is 1. The van der Waals surface area contributed by atoms with Crippen molar-refractivity contribution < 1.29 is 13.2 Å². The van der Waals surface area contributed by atoms with Gasteiger partial charge in [-0.15, -0.1) is 0 Å². The van der Waals surface area contributed by atoms with Gasteiger partial charge in [0.15, 0.2) is 9.84 Å². The molecule has 1 amide bonds. The molecule has 0 aliphatic carbocycles. The second kappa shape index (κ2) is 6.17. The van der Waals surface area contributed by atoms with Crippen molar-refractivity contribution in [2.24, 2.45) is 0 Å². The third kappa shape index (κ3) is 4.55. The monoisotopic (exact) mass is 266 g/mol. The summed E-state index contributed by atoms with van der Waals surface area (Å²) in [5.41, 5.74) is 0.599. The zero-order chi connectivity index (χ0) is 13.6. The van der Waals surface area contributed by atoms with E-state index in [4.69, 9.17) is 5.26 Å². The number of benzene rings is 1. The van der Waals surface area contributed by atoms with Crippen LogP contribution in [0, 0.1) is 11.3 Å². The van der Waals surface area contributed by atoms with E-state index in [1.54, 1.807) is 30.3 Å². The Morgan fingerprint density at radius 2 is 1.94 bits per heavy atom. The van der Waals surface area contributed by atoms with E-state index in [1.165, 1.54) is 4.90 Å². The van der Waals surface area contributed by atoms with Crippen molar-refractivity contribution in [2.75, 3.05) is 23.5 Å². The second-order valence-corrected chi connectivity index (χ2v) is 6.00. The first kappa shape index (κ1) is 14.2. The molecule has 0 aliphatic heterocycles. The SMILES string of the molecule is CS(=O)(=O)CC(=O)N(CCC#N)c1ccccc1. The van der Waals surface area contributed by atoms with Gasteiger partial charge in [0.2, 0.25) is 5.91 Å². The Balaban J connectivity index is 2.92. The van der Waals surface area contributed by atoms with Crippen LogP contribution in [0.2, 0.25) is 0 Å². The number of carbonyl (C=O) groups is 1. The summed E-state index contributed by atoms with van der Waals surface area (Å²) in [5, 5.41) is 8.57. The van der Waals surface area contributed by atoms with Crippen molar-refractivity contribution in [3.8, 4) is 6.07 Å². The number of carbonyl (C=O) groups excluding carboxylic acids is 1. The fraction of sp³-hybridized carbons (Fsp3) is 0.333. The lowest BCUT2D eigenvalue weighted by Crippen LogP contribution is -2.36. The fourth-order valence-corrected chi connectivity index (χ4v) is 2.07. The number of sulfone groups is 1. The van der Waals surface area contributed by atoms with Gasteiger partial charge in [0.25, 0.3) is 0 Å². The number of nitriles is 1. The van der Waals surface area contributed by atoms with E-state index in [2.05, 4.69) is 0 Å². The molecule has 0 aliphatic rings. The predicted octanol–water partition coefficient (Wildman–Crippen LogP) is 0.978. The van der Waals surface area contributed by atoms with E-state index in [1.807, 2.05) is 6.07 Å². The van der Waals surface area contributed by atoms with Crippen LogP contribution in [0.25, 0.3) is 0 Å². The normalized spacial score (nSPS) is 10.7. The molecule has 5 nitrogen and oxygen atoms in total. The second-order valence-electron chi connectivity index (χ2n) is 3.86. The lowest BCUT2D eigenvalue weighted by Gasteiger charge is -2.21. The van der Waals surface area contributed by atoms with E-state index in [0.29, 0.717) is 5.69 Å². The van der Waals surface area contributed by atoms with Crippen molar-refractivity contribution in [1.82, 2.24) is 0 Å². The third-order valence-corrected chi connectivity index (χ3v) is 2.97. The smallest absolute Gasteiger partial charge is 0.242 e. The molecule has 0 radical (unpaired) electrons. The van der Waals surface area contributed by atoms with E-state index in [0.717, 1.165) is 6.26 Å². The average Bonchev–Trinajstić information content (AvgIpc) is 2.28. The molecule has 6 heteroatoms. The molecule has 0 bridgehead atoms. The summed E-state index contributed by atoms with van der Waals surface area (Å²) in [5.74, 6) is -1.06. The largest absolute Gasteiger partial charge is 0.311 e. The molecule has 0 atom stereocenters. The van der Waals surface area contributed by atoms with Crippen LogP contribution in [0.4, 0.5) is 5.69 Å². The predicted molar refractivity (Wildman–Crippen MR) is 68.7 cm³/mol. The van der Waals surface area contributed by atoms with Gasteiger partial charge in [0.1, 0.15) is 5.75 Å². The van der Waals surface area contributed by atoms with E-state index in [-0.39, 0.29) is 13.0 Å². The van der Waals surface area contributed by atoms with Crippen molar-refractivity contribution in [3.63, 3.8) is 0 Å². The third-order valence-electron chi connectivity index (χ3n) is 2.20. The van der Waals surface area contributed by atoms with Crippen LogP contribution in [0.1, 0.15) is 6.42 Å². The van der Waals surface area contributed by atoms with E-state index in [9.17, 15) is 13.2 Å². The topological polar surface area (TPSA) is 78.2 Å². The minimum Gasteiger partial charge on any atom is -0.311 e. The fourth-order valence-electron chi connectivity index (χ4n) is 1.47. The van der Waals surface area contributed by atoms with E-state index >= 15 is 0 Å². The molecule has 0 fully saturated rings. The summed E-state index contributed by atoms with van der Waals surface area (Å²) in [6.45, 7) is 0.189. The van der Waals surface area contributed by atoms with Gasteiger partial charge in [-0.3, -0.25) is 4.79 Å². The van der Waals surface area contributed by atoms with Crippen LogP contribution in [0.5, 0.6) is 0 Å². The van der Waals surface area contributed by atoms with E-state index < -0.39 is 21.5 Å². The number of rotatable bonds is 5. The molecule has 0 aromatic heterocycles. The molecule has 18 heavy (non-hydrogen) atoms. The van der Waals surface area contributed by atoms with Gasteiger partial charge in [-0.25, -0.2) is 8.42 Å². The van der Waals surface area contributed by atoms with Gasteiger partial charge < -0.3 is 4.90 Å². The molecular formula is C12H14N2O3S. The van der Waals surface area contributed by atoms with Crippen molar-refractivity contribution >= 4 is 21.4 Å². The van der Waals surface area contributed by atoms with Crippen LogP contribution < -0.4 is 4.90 Å². The standard InChI is InChI=1S/C12H14N2O3S/c1-18(16,17)10-12(15)14(9-5-8-13)11-6-3-2-4-7-11/h2-4,6-7H,5,9-10H2,1H3. The molecule has 0 spiro atoms. The molecule has 0 heterocycles. The highest BCUT2D eigenvalue weighted by Crippen LogP contribution is 2.14. The molecule has 0 saturated heterocycles. The van der Waals surface area contributed by atoms with Crippen molar-refractivity contribution in [3.05, 3.63) is 30.3 Å². The van der Waals surface area contributed by atoms with Crippen LogP contribution in [0.15, 0.2) is 30.3 Å². The number of nitrogens with zero attached hydrogens (tertiary/aromatic N) is 2. The minimum absolute atomic E-state index is 0.157. The van der Waals surface area contributed by atoms with Crippen LogP contribution in [-0.2, 0) is 14.6 Å². The highest BCUT2D eigenvalue weighted by Gasteiger charge is 2.19.